The van der Waals surface area contributed by atoms with Gasteiger partial charge in [-0.1, -0.05) is 6.07 Å². The van der Waals surface area contributed by atoms with Crippen molar-refractivity contribution < 1.29 is 9.59 Å². The lowest BCUT2D eigenvalue weighted by Crippen LogP contribution is -2.36. The molecule has 3 amide bonds. The van der Waals surface area contributed by atoms with Crippen molar-refractivity contribution in [2.45, 2.75) is 0 Å². The number of amides is 3. The molecule has 0 bridgehead atoms. The lowest BCUT2D eigenvalue weighted by atomic mass is 10.4. The summed E-state index contributed by atoms with van der Waals surface area (Å²) in [6.07, 6.45) is 3.18. The Morgan fingerprint density at radius 2 is 2.00 bits per heavy atom. The van der Waals surface area contributed by atoms with Crippen molar-refractivity contribution in [2.75, 3.05) is 18.4 Å². The normalized spacial score (nSPS) is 9.80. The van der Waals surface area contributed by atoms with Crippen molar-refractivity contribution >= 4 is 29.0 Å². The molecule has 0 aliphatic heterocycles. The maximum Gasteiger partial charge on any atom is 0.319 e. The van der Waals surface area contributed by atoms with Gasteiger partial charge in [0.1, 0.15) is 0 Å². The summed E-state index contributed by atoms with van der Waals surface area (Å²) < 4.78 is 0. The van der Waals surface area contributed by atoms with E-state index in [1.807, 2.05) is 11.4 Å². The van der Waals surface area contributed by atoms with E-state index in [1.54, 1.807) is 30.6 Å². The number of thiophene rings is 1. The molecule has 0 saturated heterocycles. The first-order chi connectivity index (χ1) is 9.75. The Balaban J connectivity index is 1.64. The van der Waals surface area contributed by atoms with Crippen LogP contribution in [0.25, 0.3) is 0 Å². The Hall–Kier alpha value is -2.41. The van der Waals surface area contributed by atoms with Crippen LogP contribution in [0.15, 0.2) is 42.0 Å². The molecular weight excluding hydrogens is 276 g/mol. The SMILES string of the molecule is O=C(NCCNC(=O)c1cccs1)Nc1cccnc1. The lowest BCUT2D eigenvalue weighted by Gasteiger charge is -2.07. The average molecular weight is 290 g/mol. The minimum Gasteiger partial charge on any atom is -0.350 e. The van der Waals surface area contributed by atoms with E-state index in [0.717, 1.165) is 0 Å². The molecule has 3 N–H and O–H groups in total. The van der Waals surface area contributed by atoms with E-state index in [1.165, 1.54) is 11.3 Å². The summed E-state index contributed by atoms with van der Waals surface area (Å²) >= 11 is 1.38. The number of nitrogens with one attached hydrogen (secondary N) is 3. The van der Waals surface area contributed by atoms with Crippen LogP contribution in [0.1, 0.15) is 9.67 Å². The number of hydrogen-bond acceptors (Lipinski definition) is 4. The molecule has 2 heterocycles. The van der Waals surface area contributed by atoms with E-state index < -0.39 is 0 Å². The molecule has 2 rings (SSSR count). The summed E-state index contributed by atoms with van der Waals surface area (Å²) in [6, 6.07) is 6.72. The molecule has 0 aromatic carbocycles. The Labute approximate surface area is 120 Å². The number of hydrogen-bond donors (Lipinski definition) is 3. The topological polar surface area (TPSA) is 83.1 Å². The van der Waals surface area contributed by atoms with Gasteiger partial charge in [-0.05, 0) is 23.6 Å². The van der Waals surface area contributed by atoms with Crippen LogP contribution in [-0.4, -0.2) is 30.0 Å². The van der Waals surface area contributed by atoms with Crippen molar-refractivity contribution in [3.63, 3.8) is 0 Å². The predicted octanol–water partition coefficient (Wildman–Crippen LogP) is 1.69. The second-order valence-electron chi connectivity index (χ2n) is 3.86. The number of pyridine rings is 1. The first-order valence-electron chi connectivity index (χ1n) is 6.02. The maximum absolute atomic E-state index is 11.6. The molecule has 0 saturated carbocycles. The second kappa shape index (κ2) is 7.25. The monoisotopic (exact) mass is 290 g/mol. The Bertz CT molecular complexity index is 557. The van der Waals surface area contributed by atoms with E-state index >= 15 is 0 Å². The molecule has 7 heteroatoms. The first kappa shape index (κ1) is 14.0. The van der Waals surface area contributed by atoms with Crippen LogP contribution >= 0.6 is 11.3 Å². The van der Waals surface area contributed by atoms with Crippen LogP contribution in [0.3, 0.4) is 0 Å². The van der Waals surface area contributed by atoms with E-state index in [4.69, 9.17) is 0 Å². The molecule has 20 heavy (non-hydrogen) atoms. The third kappa shape index (κ3) is 4.36. The molecular formula is C13H14N4O2S. The summed E-state index contributed by atoms with van der Waals surface area (Å²) in [5.74, 6) is -0.130. The van der Waals surface area contributed by atoms with Gasteiger partial charge in [0.05, 0.1) is 16.8 Å². The van der Waals surface area contributed by atoms with Crippen LogP contribution in [0.2, 0.25) is 0 Å². The zero-order valence-electron chi connectivity index (χ0n) is 10.6. The Morgan fingerprint density at radius 3 is 2.70 bits per heavy atom. The number of urea groups is 1. The van der Waals surface area contributed by atoms with Crippen LogP contribution in [-0.2, 0) is 0 Å². The molecule has 0 unspecified atom stereocenters. The highest BCUT2D eigenvalue weighted by Crippen LogP contribution is 2.07. The van der Waals surface area contributed by atoms with Gasteiger partial charge >= 0.3 is 6.03 Å². The van der Waals surface area contributed by atoms with Gasteiger partial charge in [-0.15, -0.1) is 11.3 Å². The fourth-order valence-electron chi connectivity index (χ4n) is 1.46. The summed E-state index contributed by atoms with van der Waals surface area (Å²) in [7, 11) is 0. The third-order valence-electron chi connectivity index (χ3n) is 2.36. The van der Waals surface area contributed by atoms with Crippen LogP contribution in [0.4, 0.5) is 10.5 Å². The highest BCUT2D eigenvalue weighted by Gasteiger charge is 2.05. The molecule has 0 fully saturated rings. The minimum atomic E-state index is -0.330. The van der Waals surface area contributed by atoms with Gasteiger partial charge in [-0.2, -0.15) is 0 Å². The minimum absolute atomic E-state index is 0.130. The average Bonchev–Trinajstić information content (AvgIpc) is 2.99. The van der Waals surface area contributed by atoms with Gasteiger partial charge in [0.15, 0.2) is 0 Å². The zero-order chi connectivity index (χ0) is 14.2. The number of anilines is 1. The van der Waals surface area contributed by atoms with E-state index in [9.17, 15) is 9.59 Å². The van der Waals surface area contributed by atoms with E-state index in [2.05, 4.69) is 20.9 Å². The lowest BCUT2D eigenvalue weighted by molar-refractivity contribution is 0.0958. The van der Waals surface area contributed by atoms with E-state index in [0.29, 0.717) is 23.7 Å². The van der Waals surface area contributed by atoms with Crippen LogP contribution in [0, 0.1) is 0 Å². The zero-order valence-corrected chi connectivity index (χ0v) is 11.4. The standard InChI is InChI=1S/C13H14N4O2S/c18-12(11-4-2-8-20-11)15-6-7-16-13(19)17-10-3-1-5-14-9-10/h1-5,8-9H,6-7H2,(H,15,18)(H2,16,17,19). The summed E-state index contributed by atoms with van der Waals surface area (Å²) in [5.41, 5.74) is 0.618. The molecule has 6 nitrogen and oxygen atoms in total. The fraction of sp³-hybridized carbons (Fsp3) is 0.154. The molecule has 2 aromatic heterocycles. The van der Waals surface area contributed by atoms with Crippen molar-refractivity contribution in [1.82, 2.24) is 15.6 Å². The van der Waals surface area contributed by atoms with Crippen molar-refractivity contribution in [3.05, 3.63) is 46.9 Å². The fourth-order valence-corrected chi connectivity index (χ4v) is 2.10. The number of nitrogens with zero attached hydrogens (tertiary/aromatic N) is 1. The first-order valence-corrected chi connectivity index (χ1v) is 6.90. The quantitative estimate of drug-likeness (QED) is 0.733. The molecule has 0 spiro atoms. The number of carbonyl (C=O) groups excluding carboxylic acids is 2. The van der Waals surface area contributed by atoms with Crippen molar-refractivity contribution in [1.29, 1.82) is 0 Å². The highest BCUT2D eigenvalue weighted by molar-refractivity contribution is 7.12. The highest BCUT2D eigenvalue weighted by atomic mass is 32.1. The molecule has 0 radical (unpaired) electrons. The summed E-state index contributed by atoms with van der Waals surface area (Å²) in [6.45, 7) is 0.723. The van der Waals surface area contributed by atoms with Gasteiger partial charge in [-0.3, -0.25) is 9.78 Å². The summed E-state index contributed by atoms with van der Waals surface area (Å²) in [4.78, 5) is 27.7. The van der Waals surface area contributed by atoms with Crippen LogP contribution < -0.4 is 16.0 Å². The molecule has 0 aliphatic carbocycles. The molecule has 2 aromatic rings. The second-order valence-corrected chi connectivity index (χ2v) is 4.80. The number of carbonyl (C=O) groups is 2. The van der Waals surface area contributed by atoms with Gasteiger partial charge < -0.3 is 16.0 Å². The number of rotatable bonds is 5. The number of aromatic nitrogens is 1. The van der Waals surface area contributed by atoms with Crippen molar-refractivity contribution in [3.8, 4) is 0 Å². The Kier molecular flexibility index (Phi) is 5.08. The van der Waals surface area contributed by atoms with Gasteiger partial charge in [-0.25, -0.2) is 4.79 Å². The van der Waals surface area contributed by atoms with Gasteiger partial charge in [0.25, 0.3) is 5.91 Å². The van der Waals surface area contributed by atoms with Gasteiger partial charge in [0.2, 0.25) is 0 Å². The Morgan fingerprint density at radius 1 is 1.15 bits per heavy atom. The largest absolute Gasteiger partial charge is 0.350 e. The van der Waals surface area contributed by atoms with E-state index in [-0.39, 0.29) is 11.9 Å². The van der Waals surface area contributed by atoms with Crippen molar-refractivity contribution in [2.24, 2.45) is 0 Å². The summed E-state index contributed by atoms with van der Waals surface area (Å²) in [5, 5.41) is 9.84. The molecule has 0 atom stereocenters. The molecule has 104 valence electrons. The predicted molar refractivity (Wildman–Crippen MR) is 77.9 cm³/mol. The maximum atomic E-state index is 11.6. The third-order valence-corrected chi connectivity index (χ3v) is 3.23. The molecule has 0 aliphatic rings. The van der Waals surface area contributed by atoms with Crippen LogP contribution in [0.5, 0.6) is 0 Å². The smallest absolute Gasteiger partial charge is 0.319 e. The van der Waals surface area contributed by atoms with Gasteiger partial charge in [0, 0.05) is 19.3 Å².